The molecule has 1 atom stereocenters. The van der Waals surface area contributed by atoms with Gasteiger partial charge in [0.05, 0.1) is 0 Å². The lowest BCUT2D eigenvalue weighted by Crippen LogP contribution is -2.43. The summed E-state index contributed by atoms with van der Waals surface area (Å²) in [5.74, 6) is -0.654. The molecular formula is C21H29N3O3. The second kappa shape index (κ2) is 9.48. The number of allylic oxidation sites excluding steroid dienone is 3. The standard InChI is InChI=1S/C21H29N3O3/c1-16-4-6-18(7-5-16)12-22-19(25)13-24(27)14-20(26)23-15-21(3)10-8-17(2)9-11-21/h4-10,27H,11-15H2,1-3H3,(H,22,25)(H,23,26). The predicted octanol–water partition coefficient (Wildman–Crippen LogP) is 2.33. The van der Waals surface area contributed by atoms with E-state index < -0.39 is 0 Å². The van der Waals surface area contributed by atoms with Gasteiger partial charge in [0.2, 0.25) is 11.8 Å². The van der Waals surface area contributed by atoms with Crippen LogP contribution in [-0.2, 0) is 16.1 Å². The Hall–Kier alpha value is -2.44. The van der Waals surface area contributed by atoms with E-state index in [1.165, 1.54) is 5.57 Å². The molecule has 0 heterocycles. The third kappa shape index (κ3) is 7.37. The molecule has 1 unspecified atom stereocenters. The monoisotopic (exact) mass is 371 g/mol. The second-order valence-corrected chi connectivity index (χ2v) is 7.50. The van der Waals surface area contributed by atoms with Gasteiger partial charge in [-0.05, 0) is 25.8 Å². The Morgan fingerprint density at radius 3 is 2.33 bits per heavy atom. The van der Waals surface area contributed by atoms with E-state index in [1.807, 2.05) is 44.2 Å². The molecule has 0 fully saturated rings. The maximum Gasteiger partial charge on any atom is 0.236 e. The molecule has 0 spiro atoms. The maximum absolute atomic E-state index is 12.0. The van der Waals surface area contributed by atoms with E-state index in [9.17, 15) is 14.8 Å². The predicted molar refractivity (Wildman–Crippen MR) is 105 cm³/mol. The average molecular weight is 371 g/mol. The van der Waals surface area contributed by atoms with Crippen LogP contribution in [0, 0.1) is 12.3 Å². The number of carbonyl (C=O) groups excluding carboxylic acids is 2. The van der Waals surface area contributed by atoms with E-state index in [0.717, 1.165) is 22.6 Å². The van der Waals surface area contributed by atoms with Gasteiger partial charge in [0.15, 0.2) is 0 Å². The summed E-state index contributed by atoms with van der Waals surface area (Å²) in [5.41, 5.74) is 3.23. The van der Waals surface area contributed by atoms with E-state index >= 15 is 0 Å². The van der Waals surface area contributed by atoms with E-state index in [0.29, 0.717) is 13.1 Å². The summed E-state index contributed by atoms with van der Waals surface area (Å²) >= 11 is 0. The first-order valence-electron chi connectivity index (χ1n) is 9.14. The first-order valence-corrected chi connectivity index (χ1v) is 9.14. The van der Waals surface area contributed by atoms with Crippen molar-refractivity contribution < 1.29 is 14.8 Å². The molecule has 0 bridgehead atoms. The van der Waals surface area contributed by atoms with Crippen LogP contribution in [0.15, 0.2) is 48.1 Å². The first-order chi connectivity index (χ1) is 12.8. The lowest BCUT2D eigenvalue weighted by atomic mass is 9.82. The second-order valence-electron chi connectivity index (χ2n) is 7.50. The van der Waals surface area contributed by atoms with Crippen molar-refractivity contribution in [3.8, 4) is 0 Å². The minimum atomic E-state index is -0.339. The molecule has 0 aromatic heterocycles. The van der Waals surface area contributed by atoms with Gasteiger partial charge in [0, 0.05) is 18.5 Å². The first kappa shape index (κ1) is 20.9. The van der Waals surface area contributed by atoms with Crippen LogP contribution in [-0.4, -0.2) is 41.7 Å². The van der Waals surface area contributed by atoms with Gasteiger partial charge >= 0.3 is 0 Å². The molecule has 1 aromatic rings. The van der Waals surface area contributed by atoms with Crippen molar-refractivity contribution in [2.24, 2.45) is 5.41 Å². The van der Waals surface area contributed by atoms with Gasteiger partial charge in [-0.25, -0.2) is 0 Å². The Morgan fingerprint density at radius 2 is 1.74 bits per heavy atom. The third-order valence-electron chi connectivity index (χ3n) is 4.59. The molecule has 146 valence electrons. The highest BCUT2D eigenvalue weighted by molar-refractivity contribution is 5.80. The van der Waals surface area contributed by atoms with Crippen molar-refractivity contribution in [3.05, 3.63) is 59.2 Å². The molecule has 1 aromatic carbocycles. The Balaban J connectivity index is 1.67. The van der Waals surface area contributed by atoms with Gasteiger partial charge in [-0.15, -0.1) is 0 Å². The van der Waals surface area contributed by atoms with Crippen LogP contribution in [0.4, 0.5) is 0 Å². The van der Waals surface area contributed by atoms with Gasteiger partial charge in [-0.2, -0.15) is 5.06 Å². The highest BCUT2D eigenvalue weighted by atomic mass is 16.5. The van der Waals surface area contributed by atoms with Crippen molar-refractivity contribution in [2.75, 3.05) is 19.6 Å². The molecule has 6 nitrogen and oxygen atoms in total. The van der Waals surface area contributed by atoms with Crippen molar-refractivity contribution in [3.63, 3.8) is 0 Å². The lowest BCUT2D eigenvalue weighted by Gasteiger charge is -2.28. The van der Waals surface area contributed by atoms with Gasteiger partial charge in [0.1, 0.15) is 13.1 Å². The summed E-state index contributed by atoms with van der Waals surface area (Å²) in [6.07, 6.45) is 7.15. The van der Waals surface area contributed by atoms with Gasteiger partial charge in [0.25, 0.3) is 0 Å². The quantitative estimate of drug-likeness (QED) is 0.613. The molecule has 27 heavy (non-hydrogen) atoms. The summed E-state index contributed by atoms with van der Waals surface area (Å²) in [4.78, 5) is 23.9. The fourth-order valence-electron chi connectivity index (χ4n) is 2.70. The molecule has 1 aliphatic carbocycles. The SMILES string of the molecule is CC1=CCC(C)(CNC(=O)CN(O)CC(=O)NCc2ccc(C)cc2)C=C1. The normalized spacial score (nSPS) is 18.9. The number of amides is 2. The fraction of sp³-hybridized carbons (Fsp3) is 0.429. The van der Waals surface area contributed by atoms with E-state index in [2.05, 4.69) is 29.7 Å². The molecule has 6 heteroatoms. The Kier molecular flexibility index (Phi) is 7.33. The van der Waals surface area contributed by atoms with E-state index in [1.54, 1.807) is 0 Å². The Bertz CT molecular complexity index is 725. The molecule has 0 saturated heterocycles. The number of nitrogens with zero attached hydrogens (tertiary/aromatic N) is 1. The molecule has 0 saturated carbocycles. The molecule has 2 rings (SSSR count). The van der Waals surface area contributed by atoms with Gasteiger partial charge in [-0.1, -0.05) is 60.6 Å². The summed E-state index contributed by atoms with van der Waals surface area (Å²) in [7, 11) is 0. The summed E-state index contributed by atoms with van der Waals surface area (Å²) in [6, 6.07) is 7.83. The van der Waals surface area contributed by atoms with E-state index in [4.69, 9.17) is 0 Å². The third-order valence-corrected chi connectivity index (χ3v) is 4.59. The molecule has 0 radical (unpaired) electrons. The minimum Gasteiger partial charge on any atom is -0.354 e. The zero-order chi connectivity index (χ0) is 19.9. The highest BCUT2D eigenvalue weighted by Crippen LogP contribution is 2.28. The number of aryl methyl sites for hydroxylation is 1. The van der Waals surface area contributed by atoms with Crippen LogP contribution < -0.4 is 10.6 Å². The molecule has 3 N–H and O–H groups in total. The Morgan fingerprint density at radius 1 is 1.11 bits per heavy atom. The van der Waals surface area contributed by atoms with Crippen LogP contribution in [0.5, 0.6) is 0 Å². The number of carbonyl (C=O) groups is 2. The molecular weight excluding hydrogens is 342 g/mol. The fourth-order valence-corrected chi connectivity index (χ4v) is 2.70. The lowest BCUT2D eigenvalue weighted by molar-refractivity contribution is -0.146. The zero-order valence-electron chi connectivity index (χ0n) is 16.3. The van der Waals surface area contributed by atoms with Crippen LogP contribution in [0.25, 0.3) is 0 Å². The number of nitrogens with one attached hydrogen (secondary N) is 2. The number of rotatable bonds is 8. The van der Waals surface area contributed by atoms with Crippen LogP contribution in [0.3, 0.4) is 0 Å². The topological polar surface area (TPSA) is 81.7 Å². The van der Waals surface area contributed by atoms with Gasteiger partial charge in [-0.3, -0.25) is 9.59 Å². The Labute approximate surface area is 160 Å². The number of hydrogen-bond donors (Lipinski definition) is 3. The number of hydroxylamine groups is 2. The minimum absolute atomic E-state index is 0.124. The number of benzene rings is 1. The molecule has 0 aliphatic heterocycles. The molecule has 1 aliphatic rings. The van der Waals surface area contributed by atoms with Crippen molar-refractivity contribution >= 4 is 11.8 Å². The van der Waals surface area contributed by atoms with Crippen molar-refractivity contribution in [1.82, 2.24) is 15.7 Å². The highest BCUT2D eigenvalue weighted by Gasteiger charge is 2.23. The van der Waals surface area contributed by atoms with Crippen molar-refractivity contribution in [2.45, 2.75) is 33.7 Å². The van der Waals surface area contributed by atoms with Gasteiger partial charge < -0.3 is 15.8 Å². The smallest absolute Gasteiger partial charge is 0.236 e. The van der Waals surface area contributed by atoms with Crippen LogP contribution >= 0.6 is 0 Å². The van der Waals surface area contributed by atoms with Crippen LogP contribution in [0.1, 0.15) is 31.4 Å². The van der Waals surface area contributed by atoms with E-state index in [-0.39, 0.29) is 30.3 Å². The summed E-state index contributed by atoms with van der Waals surface area (Å²) < 4.78 is 0. The van der Waals surface area contributed by atoms with Crippen molar-refractivity contribution in [1.29, 1.82) is 0 Å². The maximum atomic E-state index is 12.0. The summed E-state index contributed by atoms with van der Waals surface area (Å²) in [5, 5.41) is 16.1. The molecule has 2 amide bonds. The largest absolute Gasteiger partial charge is 0.354 e. The summed E-state index contributed by atoms with van der Waals surface area (Å²) in [6.45, 7) is 6.49. The zero-order valence-corrected chi connectivity index (χ0v) is 16.3. The number of hydrogen-bond acceptors (Lipinski definition) is 4. The van der Waals surface area contributed by atoms with Crippen LogP contribution in [0.2, 0.25) is 0 Å². The average Bonchev–Trinajstić information content (AvgIpc) is 2.62.